The van der Waals surface area contributed by atoms with Crippen LogP contribution in [0.5, 0.6) is 0 Å². The molecule has 2 saturated heterocycles. The maximum Gasteiger partial charge on any atom is 0.414 e. The number of azide groups is 1. The van der Waals surface area contributed by atoms with Crippen molar-refractivity contribution in [2.45, 2.75) is 6.10 Å². The molecular weight excluding hydrogens is 347 g/mol. The van der Waals surface area contributed by atoms with Gasteiger partial charge in [0.15, 0.2) is 0 Å². The van der Waals surface area contributed by atoms with E-state index in [0.29, 0.717) is 37.6 Å². The molecule has 0 radical (unpaired) electrons. The first kappa shape index (κ1) is 17.6. The average molecular weight is 364 g/mol. The summed E-state index contributed by atoms with van der Waals surface area (Å²) in [6, 6.07) is 4.42. The highest BCUT2D eigenvalue weighted by Gasteiger charge is 2.32. The first-order valence-corrected chi connectivity index (χ1v) is 8.01. The van der Waals surface area contributed by atoms with Crippen molar-refractivity contribution in [2.75, 3.05) is 49.1 Å². The van der Waals surface area contributed by atoms with Gasteiger partial charge in [0, 0.05) is 31.1 Å². The molecule has 2 amide bonds. The van der Waals surface area contributed by atoms with Crippen molar-refractivity contribution in [3.63, 3.8) is 0 Å². The highest BCUT2D eigenvalue weighted by Crippen LogP contribution is 2.28. The molecule has 1 atom stereocenters. The molecule has 0 aliphatic carbocycles. The summed E-state index contributed by atoms with van der Waals surface area (Å²) in [5.41, 5.74) is 9.04. The Hall–Kier alpha value is -3.20. The van der Waals surface area contributed by atoms with Crippen LogP contribution in [-0.4, -0.2) is 67.6 Å². The van der Waals surface area contributed by atoms with Gasteiger partial charge < -0.3 is 19.6 Å². The van der Waals surface area contributed by atoms with Gasteiger partial charge >= 0.3 is 12.2 Å². The van der Waals surface area contributed by atoms with Gasteiger partial charge in [0.2, 0.25) is 0 Å². The van der Waals surface area contributed by atoms with Gasteiger partial charge in [-0.25, -0.2) is 14.0 Å². The van der Waals surface area contributed by atoms with Crippen LogP contribution in [0.15, 0.2) is 23.3 Å². The molecule has 0 bridgehead atoms. The summed E-state index contributed by atoms with van der Waals surface area (Å²) in [4.78, 5) is 29.8. The van der Waals surface area contributed by atoms with Gasteiger partial charge in [-0.1, -0.05) is 5.11 Å². The lowest BCUT2D eigenvalue weighted by Crippen LogP contribution is -2.48. The molecule has 2 aliphatic rings. The number of carbonyl (C=O) groups excluding carboxylic acids is 1. The fraction of sp³-hybridized carbons (Fsp3) is 0.467. The number of cyclic esters (lactones) is 1. The van der Waals surface area contributed by atoms with Crippen molar-refractivity contribution in [3.05, 3.63) is 34.5 Å². The van der Waals surface area contributed by atoms with Crippen LogP contribution in [-0.2, 0) is 4.74 Å². The lowest BCUT2D eigenvalue weighted by molar-refractivity contribution is 0.142. The van der Waals surface area contributed by atoms with E-state index in [0.717, 1.165) is 0 Å². The van der Waals surface area contributed by atoms with E-state index < -0.39 is 24.1 Å². The van der Waals surface area contributed by atoms with Crippen molar-refractivity contribution in [3.8, 4) is 0 Å². The summed E-state index contributed by atoms with van der Waals surface area (Å²) in [6.07, 6.45) is -2.17. The third-order valence-corrected chi connectivity index (χ3v) is 4.36. The Balaban J connectivity index is 1.69. The number of amides is 2. The lowest BCUT2D eigenvalue weighted by Gasteiger charge is -2.34. The molecule has 1 N–H and O–H groups in total. The van der Waals surface area contributed by atoms with E-state index in [-0.39, 0.29) is 13.1 Å². The molecule has 10 nitrogen and oxygen atoms in total. The molecule has 138 valence electrons. The van der Waals surface area contributed by atoms with Crippen molar-refractivity contribution in [2.24, 2.45) is 5.11 Å². The minimum atomic E-state index is -0.983. The fourth-order valence-corrected chi connectivity index (χ4v) is 3.01. The minimum absolute atomic E-state index is 0.0210. The van der Waals surface area contributed by atoms with Gasteiger partial charge in [0.05, 0.1) is 24.5 Å². The average Bonchev–Trinajstić information content (AvgIpc) is 3.00. The third kappa shape index (κ3) is 3.57. The number of anilines is 2. The normalized spacial score (nSPS) is 20.0. The van der Waals surface area contributed by atoms with E-state index in [9.17, 15) is 14.0 Å². The van der Waals surface area contributed by atoms with Gasteiger partial charge in [0.1, 0.15) is 11.9 Å². The number of piperazine rings is 1. The van der Waals surface area contributed by atoms with Gasteiger partial charge in [0.25, 0.3) is 0 Å². The highest BCUT2D eigenvalue weighted by atomic mass is 19.1. The molecule has 2 aliphatic heterocycles. The Morgan fingerprint density at radius 1 is 1.38 bits per heavy atom. The van der Waals surface area contributed by atoms with Crippen molar-refractivity contribution >= 4 is 23.6 Å². The molecule has 0 saturated carbocycles. The number of rotatable bonds is 4. The second-order valence-electron chi connectivity index (χ2n) is 5.92. The summed E-state index contributed by atoms with van der Waals surface area (Å²) in [5, 5.41) is 12.3. The number of hydrogen-bond donors (Lipinski definition) is 1. The SMILES string of the molecule is [N-]=[N+]=NCC1CN(c2ccc(N3CCN(C(=O)O)CC3)c(F)c2)C(=O)O1. The predicted molar refractivity (Wildman–Crippen MR) is 89.8 cm³/mol. The van der Waals surface area contributed by atoms with E-state index in [1.807, 2.05) is 0 Å². The number of nitrogens with zero attached hydrogens (tertiary/aromatic N) is 6. The second-order valence-corrected chi connectivity index (χ2v) is 5.92. The zero-order valence-corrected chi connectivity index (χ0v) is 13.8. The van der Waals surface area contributed by atoms with Gasteiger partial charge in [-0.05, 0) is 23.7 Å². The van der Waals surface area contributed by atoms with Crippen molar-refractivity contribution in [1.29, 1.82) is 0 Å². The number of carboxylic acid groups (broad SMARTS) is 1. The molecular formula is C15H17FN6O4. The number of hydrogen-bond acceptors (Lipinski definition) is 5. The molecule has 11 heteroatoms. The Bertz CT molecular complexity index is 761. The topological polar surface area (TPSA) is 122 Å². The first-order chi connectivity index (χ1) is 12.5. The standard InChI is InChI=1S/C15H17FN6O4/c16-12-7-10(22-9-11(8-18-19-17)26-15(22)25)1-2-13(12)20-3-5-21(6-4-20)14(23)24/h1-2,7,11H,3-6,8-9H2,(H,23,24). The van der Waals surface area contributed by atoms with Crippen molar-refractivity contribution < 1.29 is 23.8 Å². The summed E-state index contributed by atoms with van der Waals surface area (Å²) in [7, 11) is 0. The first-order valence-electron chi connectivity index (χ1n) is 8.01. The van der Waals surface area contributed by atoms with Crippen LogP contribution in [0.4, 0.5) is 25.4 Å². The Labute approximate surface area is 148 Å². The summed E-state index contributed by atoms with van der Waals surface area (Å²) in [6.45, 7) is 1.58. The third-order valence-electron chi connectivity index (χ3n) is 4.36. The van der Waals surface area contributed by atoms with Crippen LogP contribution < -0.4 is 9.80 Å². The Morgan fingerprint density at radius 2 is 2.12 bits per heavy atom. The summed E-state index contributed by atoms with van der Waals surface area (Å²) >= 11 is 0. The molecule has 1 unspecified atom stereocenters. The van der Waals surface area contributed by atoms with Crippen LogP contribution in [0.2, 0.25) is 0 Å². The molecule has 2 heterocycles. The minimum Gasteiger partial charge on any atom is -0.465 e. The maximum atomic E-state index is 14.6. The molecule has 2 fully saturated rings. The summed E-state index contributed by atoms with van der Waals surface area (Å²) < 4.78 is 19.6. The Kier molecular flexibility index (Phi) is 4.99. The zero-order chi connectivity index (χ0) is 18.7. The monoisotopic (exact) mass is 364 g/mol. The molecule has 0 spiro atoms. The number of carbonyl (C=O) groups is 2. The smallest absolute Gasteiger partial charge is 0.414 e. The van der Waals surface area contributed by atoms with E-state index >= 15 is 0 Å². The quantitative estimate of drug-likeness (QED) is 0.499. The van der Waals surface area contributed by atoms with Gasteiger partial charge in [-0.3, -0.25) is 4.90 Å². The van der Waals surface area contributed by atoms with Gasteiger partial charge in [-0.15, -0.1) is 0 Å². The van der Waals surface area contributed by atoms with Crippen LogP contribution in [0, 0.1) is 5.82 Å². The lowest BCUT2D eigenvalue weighted by atomic mass is 10.2. The van der Waals surface area contributed by atoms with E-state index in [4.69, 9.17) is 15.4 Å². The molecule has 1 aromatic carbocycles. The number of halogens is 1. The molecule has 0 aromatic heterocycles. The maximum absolute atomic E-state index is 14.6. The van der Waals surface area contributed by atoms with Crippen LogP contribution in [0.25, 0.3) is 10.4 Å². The fourth-order valence-electron chi connectivity index (χ4n) is 3.01. The van der Waals surface area contributed by atoms with Crippen molar-refractivity contribution in [1.82, 2.24) is 4.90 Å². The molecule has 1 aromatic rings. The number of ether oxygens (including phenoxy) is 1. The predicted octanol–water partition coefficient (Wildman–Crippen LogP) is 2.26. The van der Waals surface area contributed by atoms with Crippen LogP contribution in [0.3, 0.4) is 0 Å². The Morgan fingerprint density at radius 3 is 2.73 bits per heavy atom. The van der Waals surface area contributed by atoms with Crippen LogP contribution >= 0.6 is 0 Å². The largest absolute Gasteiger partial charge is 0.465 e. The molecule has 26 heavy (non-hydrogen) atoms. The van der Waals surface area contributed by atoms with E-state index in [1.165, 1.54) is 15.9 Å². The van der Waals surface area contributed by atoms with E-state index in [1.54, 1.807) is 17.0 Å². The van der Waals surface area contributed by atoms with Crippen LogP contribution in [0.1, 0.15) is 0 Å². The van der Waals surface area contributed by atoms with E-state index in [2.05, 4.69) is 10.0 Å². The number of benzene rings is 1. The zero-order valence-electron chi connectivity index (χ0n) is 13.8. The molecule has 3 rings (SSSR count). The van der Waals surface area contributed by atoms with Gasteiger partial charge in [-0.2, -0.15) is 0 Å². The second kappa shape index (κ2) is 7.36. The highest BCUT2D eigenvalue weighted by molar-refractivity contribution is 5.90. The summed E-state index contributed by atoms with van der Waals surface area (Å²) in [5.74, 6) is -0.502.